The van der Waals surface area contributed by atoms with Crippen LogP contribution in [0.2, 0.25) is 0 Å². The van der Waals surface area contributed by atoms with Crippen LogP contribution in [0.1, 0.15) is 98.5 Å². The molecule has 4 nitrogen and oxygen atoms in total. The molecule has 30 heavy (non-hydrogen) atoms. The Balaban J connectivity index is 2.52. The van der Waals surface area contributed by atoms with Crippen molar-refractivity contribution in [3.8, 4) is 5.75 Å². The summed E-state index contributed by atoms with van der Waals surface area (Å²) in [5.41, 5.74) is 10.9. The average Bonchev–Trinajstić information content (AvgIpc) is 2.72. The second-order valence-electron chi connectivity index (χ2n) is 8.17. The third kappa shape index (κ3) is 5.71. The quantitative estimate of drug-likeness (QED) is 0.258. The molecule has 3 N–H and O–H groups in total. The maximum Gasteiger partial charge on any atom is 0.180 e. The van der Waals surface area contributed by atoms with Gasteiger partial charge >= 0.3 is 0 Å². The van der Waals surface area contributed by atoms with E-state index in [1.807, 2.05) is 31.2 Å². The van der Waals surface area contributed by atoms with Gasteiger partial charge in [-0.2, -0.15) is 0 Å². The highest BCUT2D eigenvalue weighted by atomic mass is 16.5. The van der Waals surface area contributed by atoms with E-state index in [9.17, 15) is 4.79 Å². The molecule has 0 amide bonds. The van der Waals surface area contributed by atoms with E-state index in [0.29, 0.717) is 12.3 Å². The molecule has 0 spiro atoms. The number of benzene rings is 2. The number of Topliss-reactive ketones (excluding diaryl/α,β-unsaturated/α-hetero) is 1. The molecule has 0 fully saturated rings. The molecule has 1 unspecified atom stereocenters. The highest BCUT2D eigenvalue weighted by molar-refractivity contribution is 5.96. The molecule has 2 rings (SSSR count). The number of nitrogens with one attached hydrogen (secondary N) is 1. The summed E-state index contributed by atoms with van der Waals surface area (Å²) in [4.78, 5) is 12.4. The summed E-state index contributed by atoms with van der Waals surface area (Å²) in [5, 5.41) is 8.16. The molecule has 2 aromatic carbocycles. The van der Waals surface area contributed by atoms with E-state index in [1.54, 1.807) is 0 Å². The predicted molar refractivity (Wildman–Crippen MR) is 125 cm³/mol. The first-order chi connectivity index (χ1) is 14.3. The Morgan fingerprint density at radius 2 is 1.47 bits per heavy atom. The molecule has 162 valence electrons. The fourth-order valence-corrected chi connectivity index (χ4v) is 3.67. The summed E-state index contributed by atoms with van der Waals surface area (Å²) in [6.45, 7) is 10.4. The molecule has 0 aliphatic rings. The van der Waals surface area contributed by atoms with Gasteiger partial charge in [0.05, 0.1) is 0 Å². The molecule has 0 aliphatic heterocycles. The van der Waals surface area contributed by atoms with Gasteiger partial charge < -0.3 is 10.5 Å². The fourth-order valence-electron chi connectivity index (χ4n) is 3.67. The maximum absolute atomic E-state index is 12.4. The summed E-state index contributed by atoms with van der Waals surface area (Å²) >= 11 is 0. The summed E-state index contributed by atoms with van der Waals surface area (Å²) in [7, 11) is 0. The standard InChI is InChI=1S/C26H36N2O2/c1-6-9-20-15-22(23(29)8-3)16-21(10-7-2)24(20)30-25(26(27)28)19-13-11-18(12-14-19)17(4)5/h11-17,25H,6-10H2,1-5H3,(H3,27,28). The van der Waals surface area contributed by atoms with E-state index in [1.165, 1.54) is 5.56 Å². The lowest BCUT2D eigenvalue weighted by Gasteiger charge is -2.24. The normalized spacial score (nSPS) is 12.1. The van der Waals surface area contributed by atoms with Crippen molar-refractivity contribution in [2.24, 2.45) is 5.73 Å². The zero-order valence-electron chi connectivity index (χ0n) is 19.0. The molecule has 2 aromatic rings. The SMILES string of the molecule is CCCc1cc(C(=O)CC)cc(CCC)c1OC(C(=N)N)c1ccc(C(C)C)cc1. The third-order valence-electron chi connectivity index (χ3n) is 5.35. The van der Waals surface area contributed by atoms with Gasteiger partial charge in [-0.3, -0.25) is 10.2 Å². The van der Waals surface area contributed by atoms with Crippen molar-refractivity contribution in [2.75, 3.05) is 0 Å². The summed E-state index contributed by atoms with van der Waals surface area (Å²) in [5.74, 6) is 1.33. The molecule has 0 saturated carbocycles. The molecule has 0 saturated heterocycles. The topological polar surface area (TPSA) is 76.2 Å². The highest BCUT2D eigenvalue weighted by Crippen LogP contribution is 2.33. The molecule has 4 heteroatoms. The highest BCUT2D eigenvalue weighted by Gasteiger charge is 2.22. The summed E-state index contributed by atoms with van der Waals surface area (Å²) in [6, 6.07) is 12.1. The number of ketones is 1. The van der Waals surface area contributed by atoms with Crippen molar-refractivity contribution in [2.45, 2.75) is 78.7 Å². The van der Waals surface area contributed by atoms with Gasteiger partial charge in [0.25, 0.3) is 0 Å². The van der Waals surface area contributed by atoms with Crippen LogP contribution in [0.3, 0.4) is 0 Å². The first-order valence-electron chi connectivity index (χ1n) is 11.1. The second kappa shape index (κ2) is 11.0. The van der Waals surface area contributed by atoms with E-state index < -0.39 is 6.10 Å². The number of hydrogen-bond donors (Lipinski definition) is 2. The number of hydrogen-bond acceptors (Lipinski definition) is 3. The van der Waals surface area contributed by atoms with Crippen LogP contribution in [0.5, 0.6) is 5.75 Å². The Hall–Kier alpha value is -2.62. The predicted octanol–water partition coefficient (Wildman–Crippen LogP) is 6.36. The lowest BCUT2D eigenvalue weighted by Crippen LogP contribution is -2.26. The number of carbonyl (C=O) groups is 1. The van der Waals surface area contributed by atoms with Gasteiger partial charge in [0.15, 0.2) is 11.9 Å². The van der Waals surface area contributed by atoms with Crippen molar-refractivity contribution in [1.29, 1.82) is 5.41 Å². The minimum Gasteiger partial charge on any atom is -0.477 e. The third-order valence-corrected chi connectivity index (χ3v) is 5.35. The number of nitrogens with two attached hydrogens (primary N) is 1. The lowest BCUT2D eigenvalue weighted by atomic mass is 9.95. The van der Waals surface area contributed by atoms with Gasteiger partial charge in [-0.1, -0.05) is 71.7 Å². The molecule has 0 bridgehead atoms. The minimum atomic E-state index is -0.648. The minimum absolute atomic E-state index is 0.0223. The average molecular weight is 409 g/mol. The van der Waals surface area contributed by atoms with Crippen molar-refractivity contribution >= 4 is 11.6 Å². The Labute approximate surface area is 181 Å². The zero-order valence-corrected chi connectivity index (χ0v) is 19.0. The van der Waals surface area contributed by atoms with Crippen LogP contribution in [0.4, 0.5) is 0 Å². The Kier molecular flexibility index (Phi) is 8.64. The zero-order chi connectivity index (χ0) is 22.3. The van der Waals surface area contributed by atoms with Crippen molar-refractivity contribution in [1.82, 2.24) is 0 Å². The van der Waals surface area contributed by atoms with Crippen LogP contribution in [-0.2, 0) is 12.8 Å². The van der Waals surface area contributed by atoms with Crippen LogP contribution in [-0.4, -0.2) is 11.6 Å². The van der Waals surface area contributed by atoms with Crippen molar-refractivity contribution < 1.29 is 9.53 Å². The van der Waals surface area contributed by atoms with E-state index in [4.69, 9.17) is 15.9 Å². The second-order valence-corrected chi connectivity index (χ2v) is 8.17. The molecule has 1 atom stereocenters. The Morgan fingerprint density at radius 1 is 0.967 bits per heavy atom. The maximum atomic E-state index is 12.4. The fraction of sp³-hybridized carbons (Fsp3) is 0.462. The molecular formula is C26H36N2O2. The van der Waals surface area contributed by atoms with Gasteiger partial charge in [-0.15, -0.1) is 0 Å². The molecule has 0 radical (unpaired) electrons. The number of amidine groups is 1. The number of rotatable bonds is 11. The van der Waals surface area contributed by atoms with E-state index in [-0.39, 0.29) is 11.6 Å². The lowest BCUT2D eigenvalue weighted by molar-refractivity contribution is 0.0988. The monoisotopic (exact) mass is 408 g/mol. The van der Waals surface area contributed by atoms with Gasteiger partial charge in [-0.25, -0.2) is 0 Å². The van der Waals surface area contributed by atoms with Crippen molar-refractivity contribution in [3.63, 3.8) is 0 Å². The molecular weight excluding hydrogens is 372 g/mol. The summed E-state index contributed by atoms with van der Waals surface area (Å²) in [6.07, 6.45) is 3.35. The van der Waals surface area contributed by atoms with Crippen LogP contribution in [0.15, 0.2) is 36.4 Å². The van der Waals surface area contributed by atoms with Crippen LogP contribution in [0.25, 0.3) is 0 Å². The first kappa shape index (κ1) is 23.7. The van der Waals surface area contributed by atoms with Gasteiger partial charge in [0, 0.05) is 12.0 Å². The van der Waals surface area contributed by atoms with Crippen molar-refractivity contribution in [3.05, 3.63) is 64.2 Å². The largest absolute Gasteiger partial charge is 0.477 e. The Bertz CT molecular complexity index is 842. The van der Waals surface area contributed by atoms with Crippen LogP contribution in [0, 0.1) is 5.41 Å². The van der Waals surface area contributed by atoms with E-state index in [0.717, 1.165) is 53.7 Å². The van der Waals surface area contributed by atoms with Crippen LogP contribution >= 0.6 is 0 Å². The number of aryl methyl sites for hydroxylation is 2. The van der Waals surface area contributed by atoms with E-state index in [2.05, 4.69) is 39.8 Å². The first-order valence-corrected chi connectivity index (χ1v) is 11.1. The van der Waals surface area contributed by atoms with E-state index >= 15 is 0 Å². The molecule has 0 aliphatic carbocycles. The van der Waals surface area contributed by atoms with Gasteiger partial charge in [-0.05, 0) is 53.1 Å². The molecule has 0 aromatic heterocycles. The number of ether oxygens (including phenoxy) is 1. The molecule has 0 heterocycles. The van der Waals surface area contributed by atoms with Crippen LogP contribution < -0.4 is 10.5 Å². The number of carbonyl (C=O) groups excluding carboxylic acids is 1. The summed E-state index contributed by atoms with van der Waals surface area (Å²) < 4.78 is 6.44. The smallest absolute Gasteiger partial charge is 0.180 e. The van der Waals surface area contributed by atoms with Gasteiger partial charge in [0.2, 0.25) is 0 Å². The Morgan fingerprint density at radius 3 is 1.87 bits per heavy atom. The van der Waals surface area contributed by atoms with Gasteiger partial charge in [0.1, 0.15) is 11.6 Å².